The second-order valence-corrected chi connectivity index (χ2v) is 13.7. The first-order valence-electron chi connectivity index (χ1n) is 20.1. The van der Waals surface area contributed by atoms with Crippen LogP contribution >= 0.6 is 0 Å². The second-order valence-electron chi connectivity index (χ2n) is 13.7. The van der Waals surface area contributed by atoms with E-state index in [1.165, 1.54) is 167 Å². The fourth-order valence-electron chi connectivity index (χ4n) is 6.08. The van der Waals surface area contributed by atoms with Crippen LogP contribution in [0.25, 0.3) is 0 Å². The molecule has 0 spiro atoms. The molecule has 0 fully saturated rings. The Hall–Kier alpha value is -1.10. The molecule has 0 rings (SSSR count). The maximum Gasteiger partial charge on any atom is 0.306 e. The fourth-order valence-corrected chi connectivity index (χ4v) is 6.08. The third kappa shape index (κ3) is 35.6. The van der Waals surface area contributed by atoms with Gasteiger partial charge in [-0.15, -0.1) is 0 Å². The first-order chi connectivity index (χ1) is 22.1. The van der Waals surface area contributed by atoms with Gasteiger partial charge in [-0.3, -0.25) is 9.59 Å². The molecule has 1 unspecified atom stereocenters. The third-order valence-electron chi connectivity index (χ3n) is 9.15. The average Bonchev–Trinajstić information content (AvgIpc) is 3.04. The predicted molar refractivity (Wildman–Crippen MR) is 192 cm³/mol. The van der Waals surface area contributed by atoms with Gasteiger partial charge in [-0.2, -0.15) is 0 Å². The van der Waals surface area contributed by atoms with E-state index in [1.807, 2.05) is 0 Å². The number of ether oxygens (including phenoxy) is 2. The molecule has 0 aromatic rings. The average molecular weight is 639 g/mol. The SMILES string of the molecule is CCCCCCCCCCCCCCCCCCCCC(=O)OC(CO)COC(=O)CCCCCCCCCCCCCCC. The summed E-state index contributed by atoms with van der Waals surface area (Å²) in [7, 11) is 0. The Balaban J connectivity index is 3.48. The van der Waals surface area contributed by atoms with Crippen LogP contribution in [0.4, 0.5) is 0 Å². The molecule has 0 heterocycles. The molecule has 0 saturated carbocycles. The molecule has 0 radical (unpaired) electrons. The maximum atomic E-state index is 12.2. The molecule has 0 bridgehead atoms. The van der Waals surface area contributed by atoms with Gasteiger partial charge in [-0.1, -0.05) is 200 Å². The molecule has 268 valence electrons. The van der Waals surface area contributed by atoms with E-state index in [0.717, 1.165) is 32.1 Å². The van der Waals surface area contributed by atoms with E-state index < -0.39 is 6.10 Å². The first-order valence-corrected chi connectivity index (χ1v) is 20.1. The molecule has 0 aromatic carbocycles. The topological polar surface area (TPSA) is 72.8 Å². The van der Waals surface area contributed by atoms with Crippen LogP contribution in [0.15, 0.2) is 0 Å². The summed E-state index contributed by atoms with van der Waals surface area (Å²) in [6.07, 6.45) is 40.2. The summed E-state index contributed by atoms with van der Waals surface area (Å²) >= 11 is 0. The van der Waals surface area contributed by atoms with Crippen molar-refractivity contribution in [1.82, 2.24) is 0 Å². The van der Waals surface area contributed by atoms with Crippen LogP contribution < -0.4 is 0 Å². The van der Waals surface area contributed by atoms with E-state index >= 15 is 0 Å². The lowest BCUT2D eigenvalue weighted by Gasteiger charge is -2.15. The molecule has 1 N–H and O–H groups in total. The van der Waals surface area contributed by atoms with Gasteiger partial charge in [-0.25, -0.2) is 0 Å². The summed E-state index contributed by atoms with van der Waals surface area (Å²) in [5.74, 6) is -0.575. The van der Waals surface area contributed by atoms with Crippen molar-refractivity contribution >= 4 is 11.9 Å². The van der Waals surface area contributed by atoms with E-state index in [9.17, 15) is 14.7 Å². The van der Waals surface area contributed by atoms with Gasteiger partial charge in [0.2, 0.25) is 0 Å². The minimum absolute atomic E-state index is 0.0569. The lowest BCUT2D eigenvalue weighted by atomic mass is 10.0. The van der Waals surface area contributed by atoms with Crippen LogP contribution in [0, 0.1) is 0 Å². The summed E-state index contributed by atoms with van der Waals surface area (Å²) in [6.45, 7) is 4.16. The van der Waals surface area contributed by atoms with Gasteiger partial charge in [0, 0.05) is 12.8 Å². The van der Waals surface area contributed by atoms with E-state index in [2.05, 4.69) is 13.8 Å². The molecule has 0 aliphatic heterocycles. The van der Waals surface area contributed by atoms with Crippen molar-refractivity contribution in [3.8, 4) is 0 Å². The van der Waals surface area contributed by atoms with Crippen molar-refractivity contribution in [3.63, 3.8) is 0 Å². The van der Waals surface area contributed by atoms with Gasteiger partial charge in [-0.05, 0) is 12.8 Å². The molecule has 0 aliphatic carbocycles. The van der Waals surface area contributed by atoms with E-state index in [1.54, 1.807) is 0 Å². The van der Waals surface area contributed by atoms with Crippen LogP contribution in [-0.2, 0) is 19.1 Å². The third-order valence-corrected chi connectivity index (χ3v) is 9.15. The Morgan fingerprint density at radius 1 is 0.422 bits per heavy atom. The number of hydrogen-bond acceptors (Lipinski definition) is 5. The van der Waals surface area contributed by atoms with E-state index in [0.29, 0.717) is 12.8 Å². The smallest absolute Gasteiger partial charge is 0.306 e. The van der Waals surface area contributed by atoms with Gasteiger partial charge >= 0.3 is 11.9 Å². The summed E-state index contributed by atoms with van der Waals surface area (Å²) < 4.78 is 10.6. The molecule has 0 aliphatic rings. The molecule has 5 nitrogen and oxygen atoms in total. The van der Waals surface area contributed by atoms with Crippen molar-refractivity contribution in [3.05, 3.63) is 0 Å². The molecule has 0 amide bonds. The molecule has 45 heavy (non-hydrogen) atoms. The molecule has 0 saturated heterocycles. The van der Waals surface area contributed by atoms with Gasteiger partial charge < -0.3 is 14.6 Å². The minimum atomic E-state index is -0.761. The van der Waals surface area contributed by atoms with Gasteiger partial charge in [0.25, 0.3) is 0 Å². The number of carbonyl (C=O) groups is 2. The minimum Gasteiger partial charge on any atom is -0.462 e. The quantitative estimate of drug-likeness (QED) is 0.0541. The summed E-state index contributed by atoms with van der Waals surface area (Å²) in [5, 5.41) is 9.55. The Bertz CT molecular complexity index is 607. The summed E-state index contributed by atoms with van der Waals surface area (Å²) in [5.41, 5.74) is 0. The predicted octanol–water partition coefficient (Wildman–Crippen LogP) is 12.3. The van der Waals surface area contributed by atoms with Crippen LogP contribution in [0.1, 0.15) is 226 Å². The second kappa shape index (κ2) is 37.4. The van der Waals surface area contributed by atoms with Gasteiger partial charge in [0.15, 0.2) is 6.10 Å². The number of carbonyl (C=O) groups excluding carboxylic acids is 2. The van der Waals surface area contributed by atoms with Crippen molar-refractivity contribution in [2.24, 2.45) is 0 Å². The largest absolute Gasteiger partial charge is 0.462 e. The van der Waals surface area contributed by atoms with Crippen molar-refractivity contribution < 1.29 is 24.2 Å². The molecule has 5 heteroatoms. The van der Waals surface area contributed by atoms with E-state index in [-0.39, 0.29) is 25.2 Å². The highest BCUT2D eigenvalue weighted by Crippen LogP contribution is 2.16. The number of hydrogen-bond donors (Lipinski definition) is 1. The lowest BCUT2D eigenvalue weighted by Crippen LogP contribution is -2.28. The zero-order valence-corrected chi connectivity index (χ0v) is 30.4. The first kappa shape index (κ1) is 43.9. The molecular formula is C40H78O5. The highest BCUT2D eigenvalue weighted by molar-refractivity contribution is 5.70. The molecular weight excluding hydrogens is 560 g/mol. The van der Waals surface area contributed by atoms with Crippen molar-refractivity contribution in [2.45, 2.75) is 232 Å². The number of aliphatic hydroxyl groups excluding tert-OH is 1. The summed E-state index contributed by atoms with van der Waals surface area (Å²) in [6, 6.07) is 0. The van der Waals surface area contributed by atoms with Gasteiger partial charge in [0.1, 0.15) is 6.61 Å². The zero-order valence-electron chi connectivity index (χ0n) is 30.4. The maximum absolute atomic E-state index is 12.2. The lowest BCUT2D eigenvalue weighted by molar-refractivity contribution is -0.161. The highest BCUT2D eigenvalue weighted by atomic mass is 16.6. The Morgan fingerprint density at radius 3 is 0.978 bits per heavy atom. The number of rotatable bonds is 37. The Kier molecular flexibility index (Phi) is 36.4. The molecule has 0 aromatic heterocycles. The Labute approximate surface area is 280 Å². The van der Waals surface area contributed by atoms with Crippen LogP contribution in [0.3, 0.4) is 0 Å². The number of unbranched alkanes of at least 4 members (excludes halogenated alkanes) is 29. The highest BCUT2D eigenvalue weighted by Gasteiger charge is 2.16. The zero-order chi connectivity index (χ0) is 32.9. The summed E-state index contributed by atoms with van der Waals surface area (Å²) in [4.78, 5) is 24.2. The van der Waals surface area contributed by atoms with Crippen LogP contribution in [0.5, 0.6) is 0 Å². The van der Waals surface area contributed by atoms with Crippen molar-refractivity contribution in [1.29, 1.82) is 0 Å². The number of aliphatic hydroxyl groups is 1. The normalized spacial score (nSPS) is 12.0. The monoisotopic (exact) mass is 639 g/mol. The standard InChI is InChI=1S/C40H78O5/c1-3-5-7-9-11-13-15-17-18-19-20-21-23-25-27-29-31-33-35-40(43)45-38(36-41)37-44-39(42)34-32-30-28-26-24-22-16-14-12-10-8-6-4-2/h38,41H,3-37H2,1-2H3. The molecule has 1 atom stereocenters. The number of esters is 2. The van der Waals surface area contributed by atoms with Gasteiger partial charge in [0.05, 0.1) is 6.61 Å². The van der Waals surface area contributed by atoms with E-state index in [4.69, 9.17) is 9.47 Å². The Morgan fingerprint density at radius 2 is 0.689 bits per heavy atom. The van der Waals surface area contributed by atoms with Crippen LogP contribution in [-0.4, -0.2) is 36.4 Å². The fraction of sp³-hybridized carbons (Fsp3) is 0.950. The van der Waals surface area contributed by atoms with Crippen molar-refractivity contribution in [2.75, 3.05) is 13.2 Å². The van der Waals surface area contributed by atoms with Crippen LogP contribution in [0.2, 0.25) is 0 Å².